The zero-order valence-electron chi connectivity index (χ0n) is 15.3. The molecule has 1 amide bonds. The fourth-order valence-electron chi connectivity index (χ4n) is 2.59. The van der Waals surface area contributed by atoms with Gasteiger partial charge in [0.2, 0.25) is 0 Å². The fourth-order valence-corrected chi connectivity index (χ4v) is 3.56. The molecule has 0 fully saturated rings. The molecule has 0 aliphatic heterocycles. The van der Waals surface area contributed by atoms with Crippen LogP contribution in [-0.2, 0) is 0 Å². The van der Waals surface area contributed by atoms with Crippen molar-refractivity contribution >= 4 is 32.6 Å². The van der Waals surface area contributed by atoms with Gasteiger partial charge in [-0.25, -0.2) is 13.8 Å². The number of aromatic nitrogens is 1. The van der Waals surface area contributed by atoms with E-state index in [4.69, 9.17) is 4.74 Å². The Morgan fingerprint density at radius 2 is 1.93 bits per heavy atom. The van der Waals surface area contributed by atoms with Crippen molar-refractivity contribution in [3.8, 4) is 5.75 Å². The molecule has 0 saturated heterocycles. The lowest BCUT2D eigenvalue weighted by Crippen LogP contribution is -3.06. The third kappa shape index (κ3) is 4.06. The molecule has 5 nitrogen and oxygen atoms in total. The van der Waals surface area contributed by atoms with E-state index in [-0.39, 0.29) is 6.54 Å². The van der Waals surface area contributed by atoms with Gasteiger partial charge in [-0.1, -0.05) is 17.4 Å². The number of anilines is 1. The van der Waals surface area contributed by atoms with Crippen LogP contribution in [0.5, 0.6) is 5.75 Å². The number of carbonyl (C=O) groups is 1. The highest BCUT2D eigenvalue weighted by atomic mass is 32.1. The molecule has 3 aromatic rings. The summed E-state index contributed by atoms with van der Waals surface area (Å²) in [6.45, 7) is 0.882. The van der Waals surface area contributed by atoms with E-state index in [1.165, 1.54) is 22.3 Å². The summed E-state index contributed by atoms with van der Waals surface area (Å²) in [6.07, 6.45) is 0. The van der Waals surface area contributed by atoms with Crippen molar-refractivity contribution < 1.29 is 23.2 Å². The molecule has 0 atom stereocenters. The van der Waals surface area contributed by atoms with Crippen LogP contribution in [-0.4, -0.2) is 45.2 Å². The number of amides is 1. The summed E-state index contributed by atoms with van der Waals surface area (Å²) in [6, 6.07) is 8.80. The first-order valence-electron chi connectivity index (χ1n) is 8.40. The minimum Gasteiger partial charge on any atom is -0.497 e. The van der Waals surface area contributed by atoms with Crippen LogP contribution in [0.25, 0.3) is 10.2 Å². The van der Waals surface area contributed by atoms with Crippen molar-refractivity contribution in [2.45, 2.75) is 0 Å². The maximum Gasteiger partial charge on any atom is 0.266 e. The molecule has 8 heteroatoms. The van der Waals surface area contributed by atoms with E-state index in [1.54, 1.807) is 19.2 Å². The molecular formula is C19H20F2N3O2S+. The van der Waals surface area contributed by atoms with Gasteiger partial charge < -0.3 is 9.64 Å². The minimum absolute atomic E-state index is 0.284. The fraction of sp³-hybridized carbons (Fsp3) is 0.263. The number of carbonyl (C=O) groups excluding carboxylic acids is 1. The molecule has 0 spiro atoms. The lowest BCUT2D eigenvalue weighted by atomic mass is 10.1. The number of quaternary nitrogens is 1. The highest BCUT2D eigenvalue weighted by Gasteiger charge is 2.27. The van der Waals surface area contributed by atoms with E-state index in [2.05, 4.69) is 4.98 Å². The predicted molar refractivity (Wildman–Crippen MR) is 102 cm³/mol. The van der Waals surface area contributed by atoms with E-state index in [1.807, 2.05) is 20.2 Å². The number of benzene rings is 2. The van der Waals surface area contributed by atoms with E-state index in [0.29, 0.717) is 22.9 Å². The standard InChI is InChI=1S/C19H19F2N3O2S/c1-23(2)9-10-24(18(25)17-13(20)5-4-6-14(17)21)19-22-15-11-12(26-3)7-8-16(15)27-19/h4-8,11H,9-10H2,1-3H3/p+1. The number of nitrogens with zero attached hydrogens (tertiary/aromatic N) is 2. The summed E-state index contributed by atoms with van der Waals surface area (Å²) in [5, 5.41) is 0.396. The van der Waals surface area contributed by atoms with Crippen molar-refractivity contribution in [1.29, 1.82) is 0 Å². The van der Waals surface area contributed by atoms with E-state index in [0.717, 1.165) is 21.7 Å². The van der Waals surface area contributed by atoms with E-state index >= 15 is 0 Å². The number of likely N-dealkylation sites (N-methyl/N-ethyl adjacent to an activating group) is 1. The van der Waals surface area contributed by atoms with E-state index in [9.17, 15) is 13.6 Å². The third-order valence-corrected chi connectivity index (χ3v) is 5.13. The minimum atomic E-state index is -0.884. The number of hydrogen-bond acceptors (Lipinski definition) is 4. The number of hydrogen-bond donors (Lipinski definition) is 1. The number of thiazole rings is 1. The highest BCUT2D eigenvalue weighted by Crippen LogP contribution is 2.32. The summed E-state index contributed by atoms with van der Waals surface area (Å²) in [5.74, 6) is -1.86. The largest absolute Gasteiger partial charge is 0.497 e. The van der Waals surface area contributed by atoms with Gasteiger partial charge >= 0.3 is 0 Å². The number of fused-ring (bicyclic) bond motifs is 1. The molecule has 3 rings (SSSR count). The second-order valence-corrected chi connectivity index (χ2v) is 7.35. The summed E-state index contributed by atoms with van der Waals surface area (Å²) in [7, 11) is 5.44. The van der Waals surface area contributed by atoms with E-state index < -0.39 is 23.1 Å². The number of rotatable bonds is 6. The number of nitrogens with one attached hydrogen (secondary N) is 1. The van der Waals surface area contributed by atoms with Crippen molar-refractivity contribution in [3.05, 3.63) is 53.6 Å². The zero-order chi connectivity index (χ0) is 19.6. The second kappa shape index (κ2) is 7.98. The first-order chi connectivity index (χ1) is 12.9. The van der Waals surface area contributed by atoms with Crippen LogP contribution >= 0.6 is 11.3 Å². The van der Waals surface area contributed by atoms with Crippen molar-refractivity contribution in [3.63, 3.8) is 0 Å². The molecule has 27 heavy (non-hydrogen) atoms. The Hall–Kier alpha value is -2.58. The van der Waals surface area contributed by atoms with Crippen molar-refractivity contribution in [1.82, 2.24) is 4.98 Å². The first kappa shape index (κ1) is 19.2. The first-order valence-corrected chi connectivity index (χ1v) is 9.22. The Bertz CT molecular complexity index is 954. The lowest BCUT2D eigenvalue weighted by molar-refractivity contribution is -0.856. The van der Waals surface area contributed by atoms with Gasteiger partial charge in [0.05, 0.1) is 44.5 Å². The van der Waals surface area contributed by atoms with Gasteiger partial charge in [0.25, 0.3) is 5.91 Å². The van der Waals surface area contributed by atoms with Gasteiger partial charge in [-0.15, -0.1) is 0 Å². The molecular weight excluding hydrogens is 372 g/mol. The van der Waals surface area contributed by atoms with Gasteiger partial charge in [-0.2, -0.15) is 0 Å². The smallest absolute Gasteiger partial charge is 0.266 e. The molecule has 0 bridgehead atoms. The molecule has 0 aliphatic carbocycles. The predicted octanol–water partition coefficient (Wildman–Crippen LogP) is 2.37. The zero-order valence-corrected chi connectivity index (χ0v) is 16.1. The van der Waals surface area contributed by atoms with Crippen LogP contribution in [0.1, 0.15) is 10.4 Å². The lowest BCUT2D eigenvalue weighted by Gasteiger charge is -2.21. The van der Waals surface area contributed by atoms with Gasteiger partial charge in [0.15, 0.2) is 5.13 Å². The van der Waals surface area contributed by atoms with Gasteiger partial charge in [-0.3, -0.25) is 9.69 Å². The molecule has 0 saturated carbocycles. The Morgan fingerprint density at radius 1 is 1.22 bits per heavy atom. The number of ether oxygens (including phenoxy) is 1. The second-order valence-electron chi connectivity index (χ2n) is 6.34. The van der Waals surface area contributed by atoms with Gasteiger partial charge in [-0.05, 0) is 24.3 Å². The average Bonchev–Trinajstić information content (AvgIpc) is 3.04. The number of methoxy groups -OCH3 is 1. The average molecular weight is 392 g/mol. The van der Waals surface area contributed by atoms with Crippen molar-refractivity contribution in [2.75, 3.05) is 39.2 Å². The summed E-state index contributed by atoms with van der Waals surface area (Å²) in [5.41, 5.74) is 0.0986. The molecule has 0 aliphatic rings. The van der Waals surface area contributed by atoms with Crippen LogP contribution in [0.2, 0.25) is 0 Å². The monoisotopic (exact) mass is 392 g/mol. The molecule has 1 aromatic heterocycles. The Balaban J connectivity index is 2.04. The molecule has 142 valence electrons. The maximum atomic E-state index is 14.2. The molecule has 1 N–H and O–H groups in total. The summed E-state index contributed by atoms with van der Waals surface area (Å²) >= 11 is 1.30. The van der Waals surface area contributed by atoms with Crippen LogP contribution in [0, 0.1) is 11.6 Å². The molecule has 0 unspecified atom stereocenters. The third-order valence-electron chi connectivity index (χ3n) is 4.07. The van der Waals surface area contributed by atoms with Gasteiger partial charge in [0.1, 0.15) is 22.9 Å². The van der Waals surface area contributed by atoms with Crippen LogP contribution in [0.15, 0.2) is 36.4 Å². The van der Waals surface area contributed by atoms with Crippen LogP contribution in [0.4, 0.5) is 13.9 Å². The topological polar surface area (TPSA) is 46.9 Å². The molecule has 0 radical (unpaired) electrons. The summed E-state index contributed by atoms with van der Waals surface area (Å²) in [4.78, 5) is 19.9. The Morgan fingerprint density at radius 3 is 2.56 bits per heavy atom. The van der Waals surface area contributed by atoms with Gasteiger partial charge in [0, 0.05) is 6.07 Å². The molecule has 2 aromatic carbocycles. The van der Waals surface area contributed by atoms with Crippen molar-refractivity contribution in [2.24, 2.45) is 0 Å². The highest BCUT2D eigenvalue weighted by molar-refractivity contribution is 7.22. The maximum absolute atomic E-state index is 14.2. The molecule has 1 heterocycles. The number of halogens is 2. The SMILES string of the molecule is COc1ccc2sc(N(CC[NH+](C)C)C(=O)c3c(F)cccc3F)nc2c1. The normalized spacial score (nSPS) is 11.2. The quantitative estimate of drug-likeness (QED) is 0.701. The van der Waals surface area contributed by atoms with Crippen LogP contribution < -0.4 is 14.5 Å². The van der Waals surface area contributed by atoms with Crippen LogP contribution in [0.3, 0.4) is 0 Å². The Kier molecular flexibility index (Phi) is 5.67. The Labute approximate surface area is 159 Å². The summed E-state index contributed by atoms with van der Waals surface area (Å²) < 4.78 is 34.4.